The molecule has 0 radical (unpaired) electrons. The van der Waals surface area contributed by atoms with Gasteiger partial charge in [-0.25, -0.2) is 0 Å². The van der Waals surface area contributed by atoms with Gasteiger partial charge < -0.3 is 5.32 Å². The van der Waals surface area contributed by atoms with Gasteiger partial charge in [-0.15, -0.1) is 22.7 Å². The zero-order valence-corrected chi connectivity index (χ0v) is 15.4. The minimum Gasteiger partial charge on any atom is -0.347 e. The molecule has 0 unspecified atom stereocenters. The van der Waals surface area contributed by atoms with E-state index >= 15 is 0 Å². The largest absolute Gasteiger partial charge is 0.347 e. The molecule has 0 fully saturated rings. The van der Waals surface area contributed by atoms with Crippen molar-refractivity contribution in [1.29, 1.82) is 0 Å². The average Bonchev–Trinajstić information content (AvgIpc) is 3.37. The molecule has 0 aliphatic rings. The van der Waals surface area contributed by atoms with E-state index in [-0.39, 0.29) is 11.7 Å². The van der Waals surface area contributed by atoms with E-state index < -0.39 is 0 Å². The van der Waals surface area contributed by atoms with Gasteiger partial charge in [-0.05, 0) is 46.5 Å². The zero-order chi connectivity index (χ0) is 17.9. The van der Waals surface area contributed by atoms with Crippen LogP contribution in [-0.4, -0.2) is 11.7 Å². The van der Waals surface area contributed by atoms with E-state index in [0.29, 0.717) is 17.0 Å². The van der Waals surface area contributed by atoms with E-state index in [9.17, 15) is 9.59 Å². The summed E-state index contributed by atoms with van der Waals surface area (Å²) in [5.41, 5.74) is 0.634. The number of fused-ring (bicyclic) bond motifs is 1. The van der Waals surface area contributed by atoms with Crippen molar-refractivity contribution in [3.05, 3.63) is 92.3 Å². The molecular formula is C21H15NO2S2. The normalized spacial score (nSPS) is 10.8. The highest BCUT2D eigenvalue weighted by atomic mass is 32.1. The van der Waals surface area contributed by atoms with Gasteiger partial charge in [0, 0.05) is 10.4 Å². The Morgan fingerprint density at radius 2 is 1.69 bits per heavy atom. The summed E-state index contributed by atoms with van der Waals surface area (Å²) in [7, 11) is 0. The van der Waals surface area contributed by atoms with E-state index in [4.69, 9.17) is 0 Å². The Morgan fingerprint density at radius 3 is 2.50 bits per heavy atom. The number of ketones is 1. The Morgan fingerprint density at radius 1 is 0.846 bits per heavy atom. The molecule has 3 nitrogen and oxygen atoms in total. The molecule has 0 aliphatic carbocycles. The van der Waals surface area contributed by atoms with Crippen LogP contribution in [-0.2, 0) is 6.54 Å². The van der Waals surface area contributed by atoms with Gasteiger partial charge in [0.25, 0.3) is 5.91 Å². The van der Waals surface area contributed by atoms with Crippen molar-refractivity contribution in [3.8, 4) is 0 Å². The first-order valence-corrected chi connectivity index (χ1v) is 9.84. The molecule has 0 aliphatic heterocycles. The third-order valence-electron chi connectivity index (χ3n) is 4.07. The number of hydrogen-bond acceptors (Lipinski definition) is 4. The fraction of sp³-hybridized carbons (Fsp3) is 0.0476. The average molecular weight is 377 g/mol. The van der Waals surface area contributed by atoms with E-state index in [1.807, 2.05) is 72.1 Å². The smallest absolute Gasteiger partial charge is 0.251 e. The van der Waals surface area contributed by atoms with Crippen molar-refractivity contribution in [3.63, 3.8) is 0 Å². The summed E-state index contributed by atoms with van der Waals surface area (Å²) in [5.74, 6) is -0.0765. The van der Waals surface area contributed by atoms with Gasteiger partial charge in [-0.1, -0.05) is 36.4 Å². The van der Waals surface area contributed by atoms with Crippen LogP contribution in [0, 0.1) is 0 Å². The van der Waals surface area contributed by atoms with Crippen LogP contribution in [0.4, 0.5) is 0 Å². The van der Waals surface area contributed by atoms with Crippen molar-refractivity contribution in [1.82, 2.24) is 5.32 Å². The summed E-state index contributed by atoms with van der Waals surface area (Å²) in [6, 6.07) is 21.1. The lowest BCUT2D eigenvalue weighted by molar-refractivity contribution is 0.0951. The SMILES string of the molecule is O=C(NCc1ccc(C(=O)c2cccs2)s1)c1ccc2ccccc2c1. The van der Waals surface area contributed by atoms with Crippen molar-refractivity contribution in [2.45, 2.75) is 6.54 Å². The summed E-state index contributed by atoms with van der Waals surface area (Å²) in [6.07, 6.45) is 0. The third kappa shape index (κ3) is 3.45. The standard InChI is InChI=1S/C21H15NO2S2/c23-20(18-6-3-11-25-18)19-10-9-17(26-19)13-22-21(24)16-8-7-14-4-1-2-5-15(14)12-16/h1-12H,13H2,(H,22,24). The van der Waals surface area contributed by atoms with Gasteiger partial charge in [0.2, 0.25) is 5.78 Å². The van der Waals surface area contributed by atoms with E-state index in [2.05, 4.69) is 5.32 Å². The molecule has 5 heteroatoms. The Kier molecular flexibility index (Phi) is 4.65. The van der Waals surface area contributed by atoms with Gasteiger partial charge in [0.1, 0.15) is 0 Å². The number of carbonyl (C=O) groups excluding carboxylic acids is 2. The number of carbonyl (C=O) groups is 2. The summed E-state index contributed by atoms with van der Waals surface area (Å²) in [4.78, 5) is 27.1. The number of rotatable bonds is 5. The second-order valence-electron chi connectivity index (χ2n) is 5.82. The molecule has 0 atom stereocenters. The van der Waals surface area contributed by atoms with Crippen molar-refractivity contribution < 1.29 is 9.59 Å². The second-order valence-corrected chi connectivity index (χ2v) is 7.93. The number of amides is 1. The van der Waals surface area contributed by atoms with E-state index in [0.717, 1.165) is 20.5 Å². The predicted molar refractivity (Wildman–Crippen MR) is 107 cm³/mol. The molecule has 128 valence electrons. The van der Waals surface area contributed by atoms with Crippen LogP contribution in [0.2, 0.25) is 0 Å². The van der Waals surface area contributed by atoms with Crippen molar-refractivity contribution in [2.75, 3.05) is 0 Å². The highest BCUT2D eigenvalue weighted by Gasteiger charge is 2.13. The van der Waals surface area contributed by atoms with Crippen LogP contribution in [0.1, 0.15) is 29.8 Å². The molecule has 0 bridgehead atoms. The topological polar surface area (TPSA) is 46.2 Å². The molecule has 26 heavy (non-hydrogen) atoms. The number of hydrogen-bond donors (Lipinski definition) is 1. The molecule has 1 amide bonds. The fourth-order valence-corrected chi connectivity index (χ4v) is 4.37. The molecule has 2 heterocycles. The molecular weight excluding hydrogens is 362 g/mol. The lowest BCUT2D eigenvalue weighted by Crippen LogP contribution is -2.22. The Bertz CT molecular complexity index is 1080. The first kappa shape index (κ1) is 16.7. The molecule has 2 aromatic heterocycles. The molecule has 4 rings (SSSR count). The lowest BCUT2D eigenvalue weighted by atomic mass is 10.1. The van der Waals surface area contributed by atoms with Gasteiger partial charge >= 0.3 is 0 Å². The maximum Gasteiger partial charge on any atom is 0.251 e. The molecule has 4 aromatic rings. The van der Waals surface area contributed by atoms with Crippen molar-refractivity contribution in [2.24, 2.45) is 0 Å². The highest BCUT2D eigenvalue weighted by Crippen LogP contribution is 2.22. The summed E-state index contributed by atoms with van der Waals surface area (Å²) in [6.45, 7) is 0.411. The zero-order valence-electron chi connectivity index (χ0n) is 13.8. The minimum absolute atomic E-state index is 0.0390. The number of thiophene rings is 2. The first-order valence-electron chi connectivity index (χ1n) is 8.14. The van der Waals surface area contributed by atoms with Gasteiger partial charge in [0.05, 0.1) is 16.3 Å². The van der Waals surface area contributed by atoms with E-state index in [1.54, 1.807) is 0 Å². The third-order valence-corrected chi connectivity index (χ3v) is 6.02. The summed E-state index contributed by atoms with van der Waals surface area (Å²) < 4.78 is 0. The van der Waals surface area contributed by atoms with Crippen LogP contribution in [0.15, 0.2) is 72.1 Å². The first-order chi connectivity index (χ1) is 12.7. The van der Waals surface area contributed by atoms with Gasteiger partial charge in [0.15, 0.2) is 0 Å². The van der Waals surface area contributed by atoms with Crippen molar-refractivity contribution >= 4 is 45.1 Å². The fourth-order valence-electron chi connectivity index (χ4n) is 2.72. The molecule has 2 aromatic carbocycles. The summed E-state index contributed by atoms with van der Waals surface area (Å²) in [5, 5.41) is 6.98. The van der Waals surface area contributed by atoms with Crippen LogP contribution in [0.5, 0.6) is 0 Å². The summed E-state index contributed by atoms with van der Waals surface area (Å²) >= 11 is 2.86. The second kappa shape index (κ2) is 7.23. The number of benzene rings is 2. The number of nitrogens with one attached hydrogen (secondary N) is 1. The van der Waals surface area contributed by atoms with Gasteiger partial charge in [-0.3, -0.25) is 9.59 Å². The highest BCUT2D eigenvalue weighted by molar-refractivity contribution is 7.16. The van der Waals surface area contributed by atoms with Crippen LogP contribution in [0.3, 0.4) is 0 Å². The maximum absolute atomic E-state index is 12.4. The van der Waals surface area contributed by atoms with Crippen LogP contribution < -0.4 is 5.32 Å². The van der Waals surface area contributed by atoms with Gasteiger partial charge in [-0.2, -0.15) is 0 Å². The Balaban J connectivity index is 1.43. The predicted octanol–water partition coefficient (Wildman–Crippen LogP) is 5.12. The van der Waals surface area contributed by atoms with E-state index in [1.165, 1.54) is 22.7 Å². The molecule has 0 saturated carbocycles. The molecule has 1 N–H and O–H groups in total. The van der Waals surface area contributed by atoms with Crippen LogP contribution in [0.25, 0.3) is 10.8 Å². The lowest BCUT2D eigenvalue weighted by Gasteiger charge is -2.05. The quantitative estimate of drug-likeness (QED) is 0.491. The Hall–Kier alpha value is -2.76. The Labute approximate surface area is 158 Å². The maximum atomic E-state index is 12.4. The minimum atomic E-state index is -0.115. The van der Waals surface area contributed by atoms with Crippen LogP contribution >= 0.6 is 22.7 Å². The molecule has 0 saturated heterocycles. The monoisotopic (exact) mass is 377 g/mol. The molecule has 0 spiro atoms.